The van der Waals surface area contributed by atoms with Crippen molar-refractivity contribution in [2.75, 3.05) is 10.6 Å². The van der Waals surface area contributed by atoms with Gasteiger partial charge in [-0.1, -0.05) is 52.5 Å². The molecule has 4 nitrogen and oxygen atoms in total. The standard InChI is InChI=1S/C20H12Cl4N2O2/c21-11-4-6-17(23)15(8-11)19(27)25-13-2-1-3-14(10-13)26-20(28)16-9-12(22)5-7-18(16)24/h1-10H,(H,25,27)(H,26,28). The fourth-order valence-electron chi connectivity index (χ4n) is 2.41. The third kappa shape index (κ3) is 4.97. The molecule has 2 amide bonds. The van der Waals surface area contributed by atoms with E-state index in [0.29, 0.717) is 21.4 Å². The lowest BCUT2D eigenvalue weighted by Gasteiger charge is -2.11. The summed E-state index contributed by atoms with van der Waals surface area (Å²) in [7, 11) is 0. The van der Waals surface area contributed by atoms with Crippen LogP contribution in [0.25, 0.3) is 0 Å². The molecule has 0 aliphatic rings. The first-order chi connectivity index (χ1) is 13.3. The Balaban J connectivity index is 1.77. The smallest absolute Gasteiger partial charge is 0.257 e. The van der Waals surface area contributed by atoms with Crippen LogP contribution in [-0.4, -0.2) is 11.8 Å². The third-order valence-electron chi connectivity index (χ3n) is 3.72. The van der Waals surface area contributed by atoms with Crippen molar-refractivity contribution in [3.8, 4) is 0 Å². The summed E-state index contributed by atoms with van der Waals surface area (Å²) in [5.41, 5.74) is 1.43. The Bertz CT molecular complexity index is 989. The molecule has 0 bridgehead atoms. The number of carbonyl (C=O) groups excluding carboxylic acids is 2. The van der Waals surface area contributed by atoms with Crippen molar-refractivity contribution in [2.45, 2.75) is 0 Å². The zero-order valence-electron chi connectivity index (χ0n) is 14.1. The predicted octanol–water partition coefficient (Wildman–Crippen LogP) is 6.80. The van der Waals surface area contributed by atoms with E-state index in [1.807, 2.05) is 0 Å². The van der Waals surface area contributed by atoms with E-state index in [1.54, 1.807) is 48.5 Å². The molecule has 0 aliphatic heterocycles. The van der Waals surface area contributed by atoms with Gasteiger partial charge in [-0.25, -0.2) is 0 Å². The molecule has 3 aromatic rings. The first kappa shape index (κ1) is 20.5. The van der Waals surface area contributed by atoms with Crippen molar-refractivity contribution < 1.29 is 9.59 Å². The number of halogens is 4. The molecular formula is C20H12Cl4N2O2. The lowest BCUT2D eigenvalue weighted by Crippen LogP contribution is -2.14. The number of amides is 2. The van der Waals surface area contributed by atoms with Crippen molar-refractivity contribution >= 4 is 69.6 Å². The molecule has 0 saturated heterocycles. The molecule has 0 saturated carbocycles. The predicted molar refractivity (Wildman–Crippen MR) is 115 cm³/mol. The summed E-state index contributed by atoms with van der Waals surface area (Å²) >= 11 is 24.0. The highest BCUT2D eigenvalue weighted by Crippen LogP contribution is 2.24. The largest absolute Gasteiger partial charge is 0.322 e. The van der Waals surface area contributed by atoms with E-state index in [4.69, 9.17) is 46.4 Å². The van der Waals surface area contributed by atoms with Crippen molar-refractivity contribution in [1.82, 2.24) is 0 Å². The zero-order valence-corrected chi connectivity index (χ0v) is 17.1. The van der Waals surface area contributed by atoms with Gasteiger partial charge in [0.25, 0.3) is 11.8 Å². The lowest BCUT2D eigenvalue weighted by atomic mass is 10.2. The van der Waals surface area contributed by atoms with E-state index in [-0.39, 0.29) is 21.2 Å². The van der Waals surface area contributed by atoms with Crippen molar-refractivity contribution in [3.05, 3.63) is 91.9 Å². The molecule has 0 aromatic heterocycles. The number of carbonyl (C=O) groups is 2. The van der Waals surface area contributed by atoms with Gasteiger partial charge in [-0.3, -0.25) is 9.59 Å². The summed E-state index contributed by atoms with van der Waals surface area (Å²) in [5, 5.41) is 6.79. The summed E-state index contributed by atoms with van der Waals surface area (Å²) < 4.78 is 0. The highest BCUT2D eigenvalue weighted by atomic mass is 35.5. The Morgan fingerprint density at radius 3 is 1.46 bits per heavy atom. The normalized spacial score (nSPS) is 10.4. The first-order valence-electron chi connectivity index (χ1n) is 7.96. The summed E-state index contributed by atoms with van der Waals surface area (Å²) in [5.74, 6) is -0.845. The van der Waals surface area contributed by atoms with Crippen LogP contribution in [0.15, 0.2) is 60.7 Å². The van der Waals surface area contributed by atoms with Crippen molar-refractivity contribution in [2.24, 2.45) is 0 Å². The van der Waals surface area contributed by atoms with Crippen LogP contribution in [0.4, 0.5) is 11.4 Å². The zero-order chi connectivity index (χ0) is 20.3. The molecule has 8 heteroatoms. The summed E-state index contributed by atoms with van der Waals surface area (Å²) in [6, 6.07) is 15.9. The molecule has 0 atom stereocenters. The second-order valence-electron chi connectivity index (χ2n) is 5.74. The monoisotopic (exact) mass is 452 g/mol. The molecule has 0 aliphatic carbocycles. The van der Waals surface area contributed by atoms with E-state index in [2.05, 4.69) is 10.6 Å². The van der Waals surface area contributed by atoms with Gasteiger partial charge in [0.15, 0.2) is 0 Å². The number of rotatable bonds is 4. The summed E-state index contributed by atoms with van der Waals surface area (Å²) in [4.78, 5) is 24.9. The van der Waals surface area contributed by atoms with Gasteiger partial charge in [-0.2, -0.15) is 0 Å². The quantitative estimate of drug-likeness (QED) is 0.456. The van der Waals surface area contributed by atoms with Crippen LogP contribution >= 0.6 is 46.4 Å². The Hall–Kier alpha value is -2.24. The fourth-order valence-corrected chi connectivity index (χ4v) is 3.17. The van der Waals surface area contributed by atoms with Crippen LogP contribution in [0.5, 0.6) is 0 Å². The lowest BCUT2D eigenvalue weighted by molar-refractivity contribution is 0.101. The number of hydrogen-bond acceptors (Lipinski definition) is 2. The van der Waals surface area contributed by atoms with Gasteiger partial charge in [0.1, 0.15) is 0 Å². The Morgan fingerprint density at radius 2 is 1.04 bits per heavy atom. The highest BCUT2D eigenvalue weighted by molar-refractivity contribution is 6.37. The van der Waals surface area contributed by atoms with E-state index in [9.17, 15) is 9.59 Å². The SMILES string of the molecule is O=C(Nc1cccc(NC(=O)c2cc(Cl)ccc2Cl)c1)c1cc(Cl)ccc1Cl. The van der Waals surface area contributed by atoms with Crippen LogP contribution in [0.1, 0.15) is 20.7 Å². The number of benzene rings is 3. The highest BCUT2D eigenvalue weighted by Gasteiger charge is 2.14. The van der Waals surface area contributed by atoms with Gasteiger partial charge < -0.3 is 10.6 Å². The van der Waals surface area contributed by atoms with Gasteiger partial charge in [0.2, 0.25) is 0 Å². The average molecular weight is 454 g/mol. The maximum atomic E-state index is 12.5. The Kier molecular flexibility index (Phi) is 6.47. The minimum atomic E-state index is -0.422. The molecule has 0 fully saturated rings. The van der Waals surface area contributed by atoms with Crippen LogP contribution in [0, 0.1) is 0 Å². The van der Waals surface area contributed by atoms with Crippen LogP contribution in [-0.2, 0) is 0 Å². The third-order valence-corrected chi connectivity index (χ3v) is 4.85. The number of hydrogen-bond donors (Lipinski definition) is 2. The number of anilines is 2. The number of nitrogens with one attached hydrogen (secondary N) is 2. The average Bonchev–Trinajstić information content (AvgIpc) is 2.65. The molecule has 3 aromatic carbocycles. The Morgan fingerprint density at radius 1 is 0.607 bits per heavy atom. The molecule has 2 N–H and O–H groups in total. The van der Waals surface area contributed by atoms with Crippen molar-refractivity contribution in [3.63, 3.8) is 0 Å². The van der Waals surface area contributed by atoms with E-state index in [0.717, 1.165) is 0 Å². The molecule has 0 spiro atoms. The second kappa shape index (κ2) is 8.84. The van der Waals surface area contributed by atoms with Gasteiger partial charge >= 0.3 is 0 Å². The fraction of sp³-hybridized carbons (Fsp3) is 0. The minimum absolute atomic E-state index is 0.245. The molecule has 3 rings (SSSR count). The first-order valence-corrected chi connectivity index (χ1v) is 9.47. The van der Waals surface area contributed by atoms with Crippen LogP contribution < -0.4 is 10.6 Å². The topological polar surface area (TPSA) is 58.2 Å². The molecule has 28 heavy (non-hydrogen) atoms. The molecule has 142 valence electrons. The van der Waals surface area contributed by atoms with Crippen LogP contribution in [0.2, 0.25) is 20.1 Å². The summed E-state index contributed by atoms with van der Waals surface area (Å²) in [6.45, 7) is 0. The Labute approximate surface area is 181 Å². The van der Waals surface area contributed by atoms with Gasteiger partial charge in [0, 0.05) is 21.4 Å². The summed E-state index contributed by atoms with van der Waals surface area (Å²) in [6.07, 6.45) is 0. The maximum absolute atomic E-state index is 12.5. The molecule has 0 radical (unpaired) electrons. The van der Waals surface area contributed by atoms with Gasteiger partial charge in [-0.05, 0) is 54.6 Å². The van der Waals surface area contributed by atoms with Crippen LogP contribution in [0.3, 0.4) is 0 Å². The minimum Gasteiger partial charge on any atom is -0.322 e. The van der Waals surface area contributed by atoms with Crippen molar-refractivity contribution in [1.29, 1.82) is 0 Å². The molecular weight excluding hydrogens is 442 g/mol. The van der Waals surface area contributed by atoms with E-state index in [1.165, 1.54) is 12.1 Å². The van der Waals surface area contributed by atoms with Gasteiger partial charge in [0.05, 0.1) is 21.2 Å². The maximum Gasteiger partial charge on any atom is 0.257 e. The van der Waals surface area contributed by atoms with E-state index >= 15 is 0 Å². The van der Waals surface area contributed by atoms with E-state index < -0.39 is 11.8 Å². The molecule has 0 unspecified atom stereocenters. The second-order valence-corrected chi connectivity index (χ2v) is 7.42. The molecule has 0 heterocycles. The van der Waals surface area contributed by atoms with Gasteiger partial charge in [-0.15, -0.1) is 0 Å².